The van der Waals surface area contributed by atoms with Crippen molar-refractivity contribution in [3.63, 3.8) is 0 Å². The van der Waals surface area contributed by atoms with Crippen molar-refractivity contribution in [2.24, 2.45) is 0 Å². The van der Waals surface area contributed by atoms with E-state index in [0.717, 1.165) is 9.13 Å². The van der Waals surface area contributed by atoms with Gasteiger partial charge in [0.15, 0.2) is 6.61 Å². The first-order chi connectivity index (χ1) is 12.1. The van der Waals surface area contributed by atoms with E-state index in [4.69, 9.17) is 4.74 Å². The second-order valence-electron chi connectivity index (χ2n) is 5.75. The molecule has 1 saturated heterocycles. The fraction of sp³-hybridized carbons (Fsp3) is 0.263. The molecule has 0 N–H and O–H groups in total. The van der Waals surface area contributed by atoms with Gasteiger partial charge >= 0.3 is 0 Å². The predicted octanol–water partition coefficient (Wildman–Crippen LogP) is 2.65. The van der Waals surface area contributed by atoms with Gasteiger partial charge in [0.05, 0.1) is 5.56 Å². The van der Waals surface area contributed by atoms with Crippen molar-refractivity contribution >= 4 is 34.4 Å². The van der Waals surface area contributed by atoms with E-state index in [-0.39, 0.29) is 18.4 Å². The summed E-state index contributed by atoms with van der Waals surface area (Å²) >= 11 is 2.17. The van der Waals surface area contributed by atoms with Crippen LogP contribution in [0.1, 0.15) is 10.4 Å². The van der Waals surface area contributed by atoms with Gasteiger partial charge < -0.3 is 14.5 Å². The molecule has 130 valence electrons. The summed E-state index contributed by atoms with van der Waals surface area (Å²) in [5.41, 5.74) is 0.718. The summed E-state index contributed by atoms with van der Waals surface area (Å²) in [6, 6.07) is 16.8. The van der Waals surface area contributed by atoms with Gasteiger partial charge in [-0.15, -0.1) is 0 Å². The van der Waals surface area contributed by atoms with Gasteiger partial charge in [0, 0.05) is 29.7 Å². The molecule has 6 heteroatoms. The van der Waals surface area contributed by atoms with Crippen molar-refractivity contribution in [2.75, 3.05) is 32.8 Å². The molecule has 0 spiro atoms. The molecule has 2 aromatic rings. The van der Waals surface area contributed by atoms with Crippen LogP contribution in [-0.2, 0) is 4.79 Å². The quantitative estimate of drug-likeness (QED) is 0.674. The molecule has 25 heavy (non-hydrogen) atoms. The Kier molecular flexibility index (Phi) is 5.91. The molecular formula is C19H19IN2O3. The van der Waals surface area contributed by atoms with Crippen molar-refractivity contribution in [2.45, 2.75) is 0 Å². The molecule has 0 atom stereocenters. The number of carbonyl (C=O) groups is 2. The molecule has 0 aliphatic carbocycles. The van der Waals surface area contributed by atoms with Gasteiger partial charge in [0.2, 0.25) is 0 Å². The highest BCUT2D eigenvalue weighted by molar-refractivity contribution is 14.1. The number of hydrogen-bond donors (Lipinski definition) is 0. The first kappa shape index (κ1) is 17.7. The lowest BCUT2D eigenvalue weighted by Crippen LogP contribution is -2.51. The molecule has 0 saturated carbocycles. The van der Waals surface area contributed by atoms with Crippen LogP contribution in [-0.4, -0.2) is 54.4 Å². The SMILES string of the molecule is O=C(COc1ccccc1)N1CCN(C(=O)c2ccccc2I)CC1. The van der Waals surface area contributed by atoms with Crippen molar-refractivity contribution < 1.29 is 14.3 Å². The van der Waals surface area contributed by atoms with Crippen molar-refractivity contribution in [1.29, 1.82) is 0 Å². The third-order valence-electron chi connectivity index (χ3n) is 4.13. The Morgan fingerprint density at radius 3 is 2.16 bits per heavy atom. The average Bonchev–Trinajstić information content (AvgIpc) is 2.67. The van der Waals surface area contributed by atoms with E-state index >= 15 is 0 Å². The molecule has 3 rings (SSSR count). The molecular weight excluding hydrogens is 431 g/mol. The van der Waals surface area contributed by atoms with Crippen LogP contribution in [0.25, 0.3) is 0 Å². The lowest BCUT2D eigenvalue weighted by molar-refractivity contribution is -0.134. The number of benzene rings is 2. The molecule has 0 aromatic heterocycles. The molecule has 1 aliphatic rings. The summed E-state index contributed by atoms with van der Waals surface area (Å²) in [4.78, 5) is 28.4. The monoisotopic (exact) mass is 450 g/mol. The average molecular weight is 450 g/mol. The van der Waals surface area contributed by atoms with E-state index in [1.807, 2.05) is 54.6 Å². The number of para-hydroxylation sites is 1. The van der Waals surface area contributed by atoms with E-state index in [1.54, 1.807) is 9.80 Å². The summed E-state index contributed by atoms with van der Waals surface area (Å²) < 4.78 is 6.45. The Labute approximate surface area is 160 Å². The fourth-order valence-corrected chi connectivity index (χ4v) is 3.34. The first-order valence-electron chi connectivity index (χ1n) is 8.14. The van der Waals surface area contributed by atoms with Crippen LogP contribution in [0.3, 0.4) is 0 Å². The van der Waals surface area contributed by atoms with Crippen LogP contribution in [0.2, 0.25) is 0 Å². The van der Waals surface area contributed by atoms with Gasteiger partial charge in [-0.25, -0.2) is 0 Å². The van der Waals surface area contributed by atoms with Crippen molar-refractivity contribution in [1.82, 2.24) is 9.80 Å². The zero-order valence-electron chi connectivity index (χ0n) is 13.7. The molecule has 5 nitrogen and oxygen atoms in total. The van der Waals surface area contributed by atoms with Crippen LogP contribution < -0.4 is 4.74 Å². The molecule has 0 radical (unpaired) electrons. The van der Waals surface area contributed by atoms with E-state index in [0.29, 0.717) is 31.9 Å². The van der Waals surface area contributed by atoms with E-state index in [2.05, 4.69) is 22.6 Å². The topological polar surface area (TPSA) is 49.9 Å². The van der Waals surface area contributed by atoms with Crippen LogP contribution >= 0.6 is 22.6 Å². The number of rotatable bonds is 4. The number of halogens is 1. The van der Waals surface area contributed by atoms with E-state index in [9.17, 15) is 9.59 Å². The minimum atomic E-state index is -0.0507. The molecule has 1 fully saturated rings. The molecule has 0 unspecified atom stereocenters. The summed E-state index contributed by atoms with van der Waals surface area (Å²) in [7, 11) is 0. The second kappa shape index (κ2) is 8.33. The highest BCUT2D eigenvalue weighted by atomic mass is 127. The highest BCUT2D eigenvalue weighted by Crippen LogP contribution is 2.16. The number of amides is 2. The van der Waals surface area contributed by atoms with E-state index < -0.39 is 0 Å². The number of nitrogens with zero attached hydrogens (tertiary/aromatic N) is 2. The summed E-state index contributed by atoms with van der Waals surface area (Å²) in [5, 5.41) is 0. The maximum Gasteiger partial charge on any atom is 0.260 e. The largest absolute Gasteiger partial charge is 0.484 e. The van der Waals surface area contributed by atoms with Crippen molar-refractivity contribution in [3.05, 3.63) is 63.7 Å². The Balaban J connectivity index is 1.50. The van der Waals surface area contributed by atoms with Gasteiger partial charge in [0.25, 0.3) is 11.8 Å². The highest BCUT2D eigenvalue weighted by Gasteiger charge is 2.25. The van der Waals surface area contributed by atoms with Gasteiger partial charge in [-0.05, 0) is 46.9 Å². The molecule has 1 aliphatic heterocycles. The fourth-order valence-electron chi connectivity index (χ4n) is 2.72. The summed E-state index contributed by atoms with van der Waals surface area (Å²) in [6.07, 6.45) is 0. The third-order valence-corrected chi connectivity index (χ3v) is 5.07. The number of piperazine rings is 1. The van der Waals surface area contributed by atoms with Gasteiger partial charge in [-0.2, -0.15) is 0 Å². The Bertz CT molecular complexity index is 743. The predicted molar refractivity (Wildman–Crippen MR) is 104 cm³/mol. The molecule has 2 amide bonds. The minimum absolute atomic E-state index is 0.0224. The first-order valence-corrected chi connectivity index (χ1v) is 9.22. The maximum absolute atomic E-state index is 12.6. The Hall–Kier alpha value is -2.09. The van der Waals surface area contributed by atoms with Gasteiger partial charge in [-0.1, -0.05) is 30.3 Å². The smallest absolute Gasteiger partial charge is 0.260 e. The zero-order chi connectivity index (χ0) is 17.6. The van der Waals surface area contributed by atoms with Crippen LogP contribution in [0, 0.1) is 3.57 Å². The standard InChI is InChI=1S/C19H19IN2O3/c20-17-9-5-4-8-16(17)19(24)22-12-10-21(11-13-22)18(23)14-25-15-6-2-1-3-7-15/h1-9H,10-14H2. The summed E-state index contributed by atoms with van der Waals surface area (Å²) in [5.74, 6) is 0.659. The molecule has 0 bridgehead atoms. The lowest BCUT2D eigenvalue weighted by atomic mass is 10.2. The molecule has 1 heterocycles. The normalized spacial score (nSPS) is 14.3. The number of ether oxygens (including phenoxy) is 1. The number of hydrogen-bond acceptors (Lipinski definition) is 3. The van der Waals surface area contributed by atoms with Gasteiger partial charge in [0.1, 0.15) is 5.75 Å². The van der Waals surface area contributed by atoms with Crippen molar-refractivity contribution in [3.8, 4) is 5.75 Å². The Morgan fingerprint density at radius 1 is 0.880 bits per heavy atom. The number of carbonyl (C=O) groups excluding carboxylic acids is 2. The lowest BCUT2D eigenvalue weighted by Gasteiger charge is -2.34. The summed E-state index contributed by atoms with van der Waals surface area (Å²) in [6.45, 7) is 2.18. The zero-order valence-corrected chi connectivity index (χ0v) is 15.9. The second-order valence-corrected chi connectivity index (χ2v) is 6.92. The third kappa shape index (κ3) is 4.50. The van der Waals surface area contributed by atoms with Gasteiger partial charge in [-0.3, -0.25) is 9.59 Å². The Morgan fingerprint density at radius 2 is 1.48 bits per heavy atom. The van der Waals surface area contributed by atoms with Crippen LogP contribution in [0.15, 0.2) is 54.6 Å². The van der Waals surface area contributed by atoms with Crippen LogP contribution in [0.5, 0.6) is 5.75 Å². The minimum Gasteiger partial charge on any atom is -0.484 e. The van der Waals surface area contributed by atoms with E-state index in [1.165, 1.54) is 0 Å². The molecule has 2 aromatic carbocycles. The maximum atomic E-state index is 12.6. The van der Waals surface area contributed by atoms with Crippen LogP contribution in [0.4, 0.5) is 0 Å².